The second-order valence-corrected chi connectivity index (χ2v) is 10.9. The second-order valence-electron chi connectivity index (χ2n) is 8.95. The molecule has 2 aliphatic heterocycles. The number of ether oxygens (including phenoxy) is 1. The summed E-state index contributed by atoms with van der Waals surface area (Å²) in [5.74, 6) is 2.99. The molecule has 0 atom stereocenters. The summed E-state index contributed by atoms with van der Waals surface area (Å²) in [4.78, 5) is 6.68. The van der Waals surface area contributed by atoms with Crippen LogP contribution in [0.4, 0.5) is 5.95 Å². The first-order valence-corrected chi connectivity index (χ1v) is 13.1. The average Bonchev–Trinajstić information content (AvgIpc) is 3.29. The predicted octanol–water partition coefficient (Wildman–Crippen LogP) is 3.54. The van der Waals surface area contributed by atoms with Crippen LogP contribution in [0.15, 0.2) is 34.9 Å². The number of rotatable bonds is 7. The van der Waals surface area contributed by atoms with E-state index in [1.165, 1.54) is 16.1 Å². The van der Waals surface area contributed by atoms with Gasteiger partial charge >= 0.3 is 0 Å². The van der Waals surface area contributed by atoms with E-state index in [0.29, 0.717) is 37.5 Å². The standard InChI is InChI=1S/C23H32N4O4S/c1-17(2)22-24-23(25-31-22)26-12-8-18(9-13-26)16-30-21-6-4-19(5-7-21)20-10-14-27(15-11-20)32(3,28)29/h4-7,10,17-18H,8-9,11-16H2,1-3H3. The van der Waals surface area contributed by atoms with Crippen molar-refractivity contribution in [3.05, 3.63) is 41.8 Å². The van der Waals surface area contributed by atoms with E-state index in [1.54, 1.807) is 0 Å². The summed E-state index contributed by atoms with van der Waals surface area (Å²) in [7, 11) is -3.12. The van der Waals surface area contributed by atoms with Crippen LogP contribution in [0, 0.1) is 5.92 Å². The van der Waals surface area contributed by atoms with Crippen molar-refractivity contribution >= 4 is 21.5 Å². The molecule has 1 saturated heterocycles. The highest BCUT2D eigenvalue weighted by molar-refractivity contribution is 7.88. The number of nitrogens with zero attached hydrogens (tertiary/aromatic N) is 4. The molecule has 1 fully saturated rings. The fourth-order valence-electron chi connectivity index (χ4n) is 4.08. The monoisotopic (exact) mass is 460 g/mol. The zero-order chi connectivity index (χ0) is 22.7. The van der Waals surface area contributed by atoms with Crippen LogP contribution in [0.3, 0.4) is 0 Å². The number of anilines is 1. The molecule has 0 spiro atoms. The SMILES string of the molecule is CC(C)c1nc(N2CCC(COc3ccc(C4=CCN(S(C)(=O)=O)CC4)cc3)CC2)no1. The third kappa shape index (κ3) is 5.50. The summed E-state index contributed by atoms with van der Waals surface area (Å²) in [6.07, 6.45) is 6.06. The van der Waals surface area contributed by atoms with Crippen molar-refractivity contribution in [3.63, 3.8) is 0 Å². The number of sulfonamides is 1. The van der Waals surface area contributed by atoms with Crippen molar-refractivity contribution < 1.29 is 17.7 Å². The zero-order valence-electron chi connectivity index (χ0n) is 19.0. The van der Waals surface area contributed by atoms with E-state index in [9.17, 15) is 8.42 Å². The van der Waals surface area contributed by atoms with Crippen molar-refractivity contribution in [1.29, 1.82) is 0 Å². The van der Waals surface area contributed by atoms with Crippen LogP contribution in [0.5, 0.6) is 5.75 Å². The number of hydrogen-bond acceptors (Lipinski definition) is 7. The van der Waals surface area contributed by atoms with Crippen molar-refractivity contribution in [2.75, 3.05) is 43.9 Å². The Morgan fingerprint density at radius 2 is 1.88 bits per heavy atom. The minimum atomic E-state index is -3.12. The highest BCUT2D eigenvalue weighted by Gasteiger charge is 2.24. The Morgan fingerprint density at radius 3 is 2.44 bits per heavy atom. The lowest BCUT2D eigenvalue weighted by atomic mass is 9.98. The van der Waals surface area contributed by atoms with Gasteiger partial charge in [0.1, 0.15) is 5.75 Å². The Morgan fingerprint density at radius 1 is 1.16 bits per heavy atom. The molecule has 8 nitrogen and oxygen atoms in total. The predicted molar refractivity (Wildman–Crippen MR) is 124 cm³/mol. The highest BCUT2D eigenvalue weighted by atomic mass is 32.2. The Bertz CT molecular complexity index is 1040. The molecular weight excluding hydrogens is 428 g/mol. The maximum absolute atomic E-state index is 11.7. The first kappa shape index (κ1) is 22.8. The van der Waals surface area contributed by atoms with Crippen LogP contribution in [0.25, 0.3) is 5.57 Å². The van der Waals surface area contributed by atoms with Crippen LogP contribution in [0.1, 0.15) is 50.5 Å². The third-order valence-electron chi connectivity index (χ3n) is 6.17. The van der Waals surface area contributed by atoms with Gasteiger partial charge in [-0.25, -0.2) is 8.42 Å². The lowest BCUT2D eigenvalue weighted by Gasteiger charge is -2.30. The minimum absolute atomic E-state index is 0.241. The molecule has 32 heavy (non-hydrogen) atoms. The molecule has 2 aromatic rings. The van der Waals surface area contributed by atoms with Gasteiger partial charge in [0, 0.05) is 32.1 Å². The van der Waals surface area contributed by atoms with E-state index in [2.05, 4.69) is 27.2 Å². The van der Waals surface area contributed by atoms with E-state index < -0.39 is 10.0 Å². The van der Waals surface area contributed by atoms with Gasteiger partial charge in [0.25, 0.3) is 5.95 Å². The van der Waals surface area contributed by atoms with Gasteiger partial charge in [-0.1, -0.05) is 32.1 Å². The largest absolute Gasteiger partial charge is 0.493 e. The summed E-state index contributed by atoms with van der Waals surface area (Å²) < 4.78 is 36.2. The van der Waals surface area contributed by atoms with Crippen LogP contribution < -0.4 is 9.64 Å². The number of aromatic nitrogens is 2. The maximum atomic E-state index is 11.7. The first-order valence-electron chi connectivity index (χ1n) is 11.3. The molecule has 1 aromatic carbocycles. The van der Waals surface area contributed by atoms with Crippen molar-refractivity contribution in [3.8, 4) is 5.75 Å². The van der Waals surface area contributed by atoms with Gasteiger partial charge in [-0.3, -0.25) is 0 Å². The summed E-state index contributed by atoms with van der Waals surface area (Å²) in [5, 5.41) is 4.11. The van der Waals surface area contributed by atoms with Crippen LogP contribution in [-0.4, -0.2) is 61.9 Å². The van der Waals surface area contributed by atoms with Crippen LogP contribution in [-0.2, 0) is 10.0 Å². The van der Waals surface area contributed by atoms with Crippen LogP contribution in [0.2, 0.25) is 0 Å². The molecule has 1 aromatic heterocycles. The quantitative estimate of drug-likeness (QED) is 0.624. The Labute approximate surface area is 190 Å². The van der Waals surface area contributed by atoms with E-state index >= 15 is 0 Å². The molecule has 174 valence electrons. The molecule has 0 radical (unpaired) electrons. The van der Waals surface area contributed by atoms with Crippen molar-refractivity contribution in [1.82, 2.24) is 14.4 Å². The van der Waals surface area contributed by atoms with Crippen LogP contribution >= 0.6 is 0 Å². The Balaban J connectivity index is 1.24. The van der Waals surface area contributed by atoms with E-state index in [1.807, 2.05) is 32.1 Å². The van der Waals surface area contributed by atoms with E-state index in [0.717, 1.165) is 43.7 Å². The van der Waals surface area contributed by atoms with E-state index in [4.69, 9.17) is 9.26 Å². The first-order chi connectivity index (χ1) is 15.3. The maximum Gasteiger partial charge on any atom is 0.266 e. The summed E-state index contributed by atoms with van der Waals surface area (Å²) >= 11 is 0. The lowest BCUT2D eigenvalue weighted by molar-refractivity contribution is 0.222. The number of hydrogen-bond donors (Lipinski definition) is 0. The molecule has 0 aliphatic carbocycles. The van der Waals surface area contributed by atoms with Gasteiger partial charge in [0.2, 0.25) is 15.9 Å². The average molecular weight is 461 g/mol. The second kappa shape index (κ2) is 9.62. The molecule has 0 saturated carbocycles. The Hall–Kier alpha value is -2.39. The number of piperidine rings is 1. The van der Waals surface area contributed by atoms with Gasteiger partial charge in [0.05, 0.1) is 12.9 Å². The van der Waals surface area contributed by atoms with E-state index in [-0.39, 0.29) is 5.92 Å². The molecule has 2 aliphatic rings. The Kier molecular flexibility index (Phi) is 6.85. The van der Waals surface area contributed by atoms with Crippen molar-refractivity contribution in [2.24, 2.45) is 5.92 Å². The summed E-state index contributed by atoms with van der Waals surface area (Å²) in [6, 6.07) is 8.12. The highest BCUT2D eigenvalue weighted by Crippen LogP contribution is 2.27. The molecule has 0 bridgehead atoms. The summed E-state index contributed by atoms with van der Waals surface area (Å²) in [6.45, 7) is 7.57. The fourth-order valence-corrected chi connectivity index (χ4v) is 4.85. The molecular formula is C23H32N4O4S. The lowest BCUT2D eigenvalue weighted by Crippen LogP contribution is -2.36. The van der Waals surface area contributed by atoms with Crippen molar-refractivity contribution in [2.45, 2.75) is 39.0 Å². The topological polar surface area (TPSA) is 88.8 Å². The van der Waals surface area contributed by atoms with Gasteiger partial charge in [-0.15, -0.1) is 0 Å². The molecule has 0 N–H and O–H groups in total. The van der Waals surface area contributed by atoms with Gasteiger partial charge in [0.15, 0.2) is 0 Å². The molecule has 3 heterocycles. The van der Waals surface area contributed by atoms with Gasteiger partial charge in [-0.05, 0) is 53.6 Å². The molecule has 4 rings (SSSR count). The zero-order valence-corrected chi connectivity index (χ0v) is 19.8. The third-order valence-corrected chi connectivity index (χ3v) is 7.44. The minimum Gasteiger partial charge on any atom is -0.493 e. The molecule has 9 heteroatoms. The summed E-state index contributed by atoms with van der Waals surface area (Å²) in [5.41, 5.74) is 2.31. The number of benzene rings is 1. The normalized spacial score (nSPS) is 18.8. The smallest absolute Gasteiger partial charge is 0.266 e. The van der Waals surface area contributed by atoms with Gasteiger partial charge < -0.3 is 14.2 Å². The van der Waals surface area contributed by atoms with Gasteiger partial charge in [-0.2, -0.15) is 9.29 Å². The molecule has 0 amide bonds. The molecule has 0 unspecified atom stereocenters. The fraction of sp³-hybridized carbons (Fsp3) is 0.565.